The number of benzene rings is 3. The van der Waals surface area contributed by atoms with Crippen LogP contribution in [0.4, 0.5) is 5.69 Å². The average molecular weight is 536 g/mol. The summed E-state index contributed by atoms with van der Waals surface area (Å²) in [5.74, 6) is -0.971. The van der Waals surface area contributed by atoms with Gasteiger partial charge in [-0.1, -0.05) is 35.6 Å². The average Bonchev–Trinajstić information content (AvgIpc) is 3.25. The number of sulfonamides is 1. The molecule has 10 heteroatoms. The van der Waals surface area contributed by atoms with Crippen molar-refractivity contribution >= 4 is 49.1 Å². The van der Waals surface area contributed by atoms with Crippen molar-refractivity contribution in [3.05, 3.63) is 101 Å². The predicted octanol–water partition coefficient (Wildman–Crippen LogP) is 4.63. The van der Waals surface area contributed by atoms with Crippen molar-refractivity contribution < 1.29 is 22.7 Å². The van der Waals surface area contributed by atoms with Crippen molar-refractivity contribution in [3.8, 4) is 0 Å². The fourth-order valence-corrected chi connectivity index (χ4v) is 6.39. The van der Waals surface area contributed by atoms with Crippen molar-refractivity contribution in [2.75, 3.05) is 18.0 Å². The lowest BCUT2D eigenvalue weighted by Crippen LogP contribution is -2.30. The summed E-state index contributed by atoms with van der Waals surface area (Å²) in [6.07, 6.45) is 1.69. The number of carbonyl (C=O) groups excluding carboxylic acids is 2. The van der Waals surface area contributed by atoms with Crippen LogP contribution < -0.4 is 9.11 Å². The smallest absolute Gasteiger partial charge is 0.337 e. The quantitative estimate of drug-likeness (QED) is 0.242. The Bertz CT molecular complexity index is 1640. The number of para-hydroxylation sites is 1. The van der Waals surface area contributed by atoms with Gasteiger partial charge in [0.15, 0.2) is 4.80 Å². The molecule has 4 aromatic rings. The van der Waals surface area contributed by atoms with E-state index in [1.807, 2.05) is 10.6 Å². The summed E-state index contributed by atoms with van der Waals surface area (Å²) in [6, 6.07) is 19.7. The number of hydrogen-bond acceptors (Lipinski definition) is 6. The maximum absolute atomic E-state index is 13.2. The van der Waals surface area contributed by atoms with Gasteiger partial charge in [0.25, 0.3) is 15.9 Å². The van der Waals surface area contributed by atoms with Crippen LogP contribution in [-0.2, 0) is 21.3 Å². The van der Waals surface area contributed by atoms with Crippen LogP contribution in [-0.4, -0.2) is 38.5 Å². The molecule has 0 bridgehead atoms. The van der Waals surface area contributed by atoms with E-state index >= 15 is 0 Å². The van der Waals surface area contributed by atoms with Gasteiger partial charge in [-0.3, -0.25) is 9.10 Å². The standard InChI is InChI=1S/C27H25N3O5S2/c1-4-17-29-23-16-13-20(26(32)35-3)18-24(23)36-27(29)28-25(31)19-11-14-22(15-12-19)37(33,34)30(5-2)21-9-7-6-8-10-21/h4,6-16,18H,1,5,17H2,2-3H3. The molecule has 0 aliphatic rings. The maximum atomic E-state index is 13.2. The molecule has 0 aliphatic carbocycles. The minimum atomic E-state index is -3.81. The van der Waals surface area contributed by atoms with Gasteiger partial charge in [-0.2, -0.15) is 4.99 Å². The summed E-state index contributed by atoms with van der Waals surface area (Å²) in [4.78, 5) is 29.7. The number of anilines is 1. The monoisotopic (exact) mass is 535 g/mol. The normalized spacial score (nSPS) is 11.9. The number of aromatic nitrogens is 1. The lowest BCUT2D eigenvalue weighted by Gasteiger charge is -2.22. The molecule has 0 N–H and O–H groups in total. The van der Waals surface area contributed by atoms with Gasteiger partial charge in [0, 0.05) is 18.7 Å². The van der Waals surface area contributed by atoms with E-state index in [1.54, 1.807) is 55.5 Å². The third kappa shape index (κ3) is 5.25. The zero-order valence-electron chi connectivity index (χ0n) is 20.3. The molecule has 1 heterocycles. The number of thiazole rings is 1. The third-order valence-electron chi connectivity index (χ3n) is 5.63. The third-order valence-corrected chi connectivity index (χ3v) is 8.59. The van der Waals surface area contributed by atoms with Gasteiger partial charge in [0.1, 0.15) is 0 Å². The summed E-state index contributed by atoms with van der Waals surface area (Å²) in [5, 5.41) is 0. The molecule has 0 radical (unpaired) electrons. The summed E-state index contributed by atoms with van der Waals surface area (Å²) in [5.41, 5.74) is 2.01. The zero-order chi connectivity index (χ0) is 26.6. The van der Waals surface area contributed by atoms with Crippen molar-refractivity contribution in [3.63, 3.8) is 0 Å². The number of carbonyl (C=O) groups is 2. The number of amides is 1. The Balaban J connectivity index is 1.68. The predicted molar refractivity (Wildman–Crippen MR) is 144 cm³/mol. The Morgan fingerprint density at radius 3 is 2.35 bits per heavy atom. The van der Waals surface area contributed by atoms with E-state index in [2.05, 4.69) is 11.6 Å². The number of fused-ring (bicyclic) bond motifs is 1. The van der Waals surface area contributed by atoms with E-state index in [0.29, 0.717) is 22.6 Å². The Labute approximate surface area is 218 Å². The topological polar surface area (TPSA) is 98.0 Å². The fourth-order valence-electron chi connectivity index (χ4n) is 3.84. The van der Waals surface area contributed by atoms with Crippen LogP contribution in [0.1, 0.15) is 27.6 Å². The molecular formula is C27H25N3O5S2. The highest BCUT2D eigenvalue weighted by Gasteiger charge is 2.23. The lowest BCUT2D eigenvalue weighted by molar-refractivity contribution is 0.0600. The van der Waals surface area contributed by atoms with E-state index in [-0.39, 0.29) is 17.0 Å². The number of esters is 1. The van der Waals surface area contributed by atoms with E-state index < -0.39 is 21.9 Å². The fraction of sp³-hybridized carbons (Fsp3) is 0.148. The second-order valence-electron chi connectivity index (χ2n) is 7.90. The van der Waals surface area contributed by atoms with Crippen molar-refractivity contribution in [2.24, 2.45) is 4.99 Å². The van der Waals surface area contributed by atoms with E-state index in [0.717, 1.165) is 10.2 Å². The first-order valence-electron chi connectivity index (χ1n) is 11.4. The largest absolute Gasteiger partial charge is 0.465 e. The highest BCUT2D eigenvalue weighted by Crippen LogP contribution is 2.24. The molecule has 3 aromatic carbocycles. The van der Waals surface area contributed by atoms with Gasteiger partial charge in [-0.25, -0.2) is 13.2 Å². The number of allylic oxidation sites excluding steroid dienone is 1. The molecule has 4 rings (SSSR count). The molecule has 1 amide bonds. The van der Waals surface area contributed by atoms with Gasteiger partial charge in [-0.05, 0) is 61.5 Å². The molecule has 37 heavy (non-hydrogen) atoms. The van der Waals surface area contributed by atoms with Crippen LogP contribution in [0.5, 0.6) is 0 Å². The van der Waals surface area contributed by atoms with Gasteiger partial charge in [-0.15, -0.1) is 6.58 Å². The van der Waals surface area contributed by atoms with Crippen LogP contribution in [0.25, 0.3) is 10.2 Å². The number of rotatable bonds is 8. The highest BCUT2D eigenvalue weighted by atomic mass is 32.2. The summed E-state index contributed by atoms with van der Waals surface area (Å²) in [7, 11) is -2.49. The second-order valence-corrected chi connectivity index (χ2v) is 10.8. The molecule has 0 spiro atoms. The van der Waals surface area contributed by atoms with Crippen molar-refractivity contribution in [1.82, 2.24) is 4.57 Å². The molecule has 1 aromatic heterocycles. The van der Waals surface area contributed by atoms with Crippen LogP contribution in [0, 0.1) is 0 Å². The number of nitrogens with zero attached hydrogens (tertiary/aromatic N) is 3. The van der Waals surface area contributed by atoms with Gasteiger partial charge < -0.3 is 9.30 Å². The van der Waals surface area contributed by atoms with Crippen molar-refractivity contribution in [1.29, 1.82) is 0 Å². The molecule has 8 nitrogen and oxygen atoms in total. The Kier molecular flexibility index (Phi) is 7.70. The van der Waals surface area contributed by atoms with Gasteiger partial charge in [0.05, 0.1) is 33.5 Å². The molecule has 0 saturated carbocycles. The molecular weight excluding hydrogens is 510 g/mol. The number of methoxy groups -OCH3 is 1. The molecule has 0 saturated heterocycles. The minimum Gasteiger partial charge on any atom is -0.465 e. The van der Waals surface area contributed by atoms with E-state index in [4.69, 9.17) is 4.74 Å². The van der Waals surface area contributed by atoms with E-state index in [1.165, 1.54) is 47.0 Å². The Hall–Kier alpha value is -4.02. The first-order chi connectivity index (χ1) is 17.8. The maximum Gasteiger partial charge on any atom is 0.337 e. The van der Waals surface area contributed by atoms with Crippen LogP contribution in [0.15, 0.2) is 95.3 Å². The van der Waals surface area contributed by atoms with Crippen molar-refractivity contribution in [2.45, 2.75) is 18.4 Å². The van der Waals surface area contributed by atoms with Crippen LogP contribution >= 0.6 is 11.3 Å². The SMILES string of the molecule is C=CCn1c(=NC(=O)c2ccc(S(=O)(=O)N(CC)c3ccccc3)cc2)sc2cc(C(=O)OC)ccc21. The Morgan fingerprint density at radius 1 is 1.05 bits per heavy atom. The highest BCUT2D eigenvalue weighted by molar-refractivity contribution is 7.92. The summed E-state index contributed by atoms with van der Waals surface area (Å²) >= 11 is 1.26. The molecule has 0 fully saturated rings. The first-order valence-corrected chi connectivity index (χ1v) is 13.6. The minimum absolute atomic E-state index is 0.0775. The molecule has 0 aliphatic heterocycles. The number of hydrogen-bond donors (Lipinski definition) is 0. The van der Waals surface area contributed by atoms with E-state index in [9.17, 15) is 18.0 Å². The second kappa shape index (κ2) is 10.9. The summed E-state index contributed by atoms with van der Waals surface area (Å²) in [6.45, 7) is 6.21. The summed E-state index contributed by atoms with van der Waals surface area (Å²) < 4.78 is 35.1. The molecule has 0 atom stereocenters. The molecule has 190 valence electrons. The lowest BCUT2D eigenvalue weighted by atomic mass is 10.2. The van der Waals surface area contributed by atoms with Crippen LogP contribution in [0.3, 0.4) is 0 Å². The number of ether oxygens (including phenoxy) is 1. The first kappa shape index (κ1) is 26.1. The molecule has 0 unspecified atom stereocenters. The van der Waals surface area contributed by atoms with Gasteiger partial charge in [0.2, 0.25) is 0 Å². The Morgan fingerprint density at radius 2 is 1.73 bits per heavy atom. The zero-order valence-corrected chi connectivity index (χ0v) is 22.0. The van der Waals surface area contributed by atoms with Gasteiger partial charge >= 0.3 is 5.97 Å². The van der Waals surface area contributed by atoms with Crippen LogP contribution in [0.2, 0.25) is 0 Å².